The van der Waals surface area contributed by atoms with Gasteiger partial charge in [-0.2, -0.15) is 4.72 Å². The molecule has 0 bridgehead atoms. The first kappa shape index (κ1) is 13.9. The first-order valence-electron chi connectivity index (χ1n) is 5.45. The summed E-state index contributed by atoms with van der Waals surface area (Å²) in [5.74, 6) is 0. The smallest absolute Gasteiger partial charge is 0.289 e. The van der Waals surface area contributed by atoms with E-state index in [9.17, 15) is 18.5 Å². The number of nitrogens with two attached hydrogens (primary N) is 1. The molecule has 1 aromatic rings. The summed E-state index contributed by atoms with van der Waals surface area (Å²) in [5, 5.41) is 10.9. The number of nitro groups is 1. The van der Waals surface area contributed by atoms with E-state index in [-0.39, 0.29) is 24.7 Å². The number of rotatable bonds is 5. The fraction of sp³-hybridized carbons (Fsp3) is 0.400. The van der Waals surface area contributed by atoms with Crippen LogP contribution in [-0.4, -0.2) is 38.6 Å². The molecule has 9 heteroatoms. The van der Waals surface area contributed by atoms with E-state index in [1.54, 1.807) is 0 Å². The van der Waals surface area contributed by atoms with Gasteiger partial charge in [-0.1, -0.05) is 12.1 Å². The van der Waals surface area contributed by atoms with Gasteiger partial charge in [0.1, 0.15) is 0 Å². The lowest BCUT2D eigenvalue weighted by Gasteiger charge is -2.40. The van der Waals surface area contributed by atoms with Crippen LogP contribution in [0.1, 0.15) is 0 Å². The van der Waals surface area contributed by atoms with Gasteiger partial charge in [-0.3, -0.25) is 10.1 Å². The molecule has 0 spiro atoms. The molecule has 1 fully saturated rings. The summed E-state index contributed by atoms with van der Waals surface area (Å²) in [6, 6.07) is 5.15. The molecule has 2 rings (SSSR count). The number of sulfonamides is 1. The molecule has 0 saturated carbocycles. The Labute approximate surface area is 109 Å². The third kappa shape index (κ3) is 2.59. The summed E-state index contributed by atoms with van der Waals surface area (Å²) in [4.78, 5) is 9.74. The van der Waals surface area contributed by atoms with Crippen molar-refractivity contribution in [3.8, 4) is 0 Å². The summed E-state index contributed by atoms with van der Waals surface area (Å²) in [5.41, 5.74) is 4.17. The topological polar surface area (TPSA) is 125 Å². The van der Waals surface area contributed by atoms with Gasteiger partial charge in [0.25, 0.3) is 5.69 Å². The maximum atomic E-state index is 12.2. The monoisotopic (exact) mass is 287 g/mol. The van der Waals surface area contributed by atoms with Crippen LogP contribution in [0.2, 0.25) is 0 Å². The summed E-state index contributed by atoms with van der Waals surface area (Å²) in [6.45, 7) is 0.375. The molecule has 1 aromatic carbocycles. The zero-order chi connectivity index (χ0) is 14.1. The van der Waals surface area contributed by atoms with E-state index >= 15 is 0 Å². The third-order valence-corrected chi connectivity index (χ3v) is 4.48. The van der Waals surface area contributed by atoms with Gasteiger partial charge in [0.05, 0.1) is 23.7 Å². The molecule has 1 saturated heterocycles. The molecule has 1 heterocycles. The van der Waals surface area contributed by atoms with E-state index in [1.165, 1.54) is 18.2 Å². The molecule has 19 heavy (non-hydrogen) atoms. The summed E-state index contributed by atoms with van der Waals surface area (Å²) >= 11 is 0. The number of para-hydroxylation sites is 1. The largest absolute Gasteiger partial charge is 0.377 e. The minimum absolute atomic E-state index is 0.0624. The van der Waals surface area contributed by atoms with E-state index in [4.69, 9.17) is 10.5 Å². The summed E-state index contributed by atoms with van der Waals surface area (Å²) < 4.78 is 31.7. The van der Waals surface area contributed by atoms with Gasteiger partial charge in [0, 0.05) is 12.6 Å². The highest BCUT2D eigenvalue weighted by Gasteiger charge is 2.42. The predicted octanol–water partition coefficient (Wildman–Crippen LogP) is -0.399. The number of hydrogen-bond donors (Lipinski definition) is 2. The third-order valence-electron chi connectivity index (χ3n) is 2.85. The fourth-order valence-electron chi connectivity index (χ4n) is 1.74. The average Bonchev–Trinajstić information content (AvgIpc) is 2.34. The van der Waals surface area contributed by atoms with E-state index in [0.29, 0.717) is 0 Å². The van der Waals surface area contributed by atoms with Gasteiger partial charge < -0.3 is 10.5 Å². The standard InChI is InChI=1S/C10H13N3O5S/c11-5-10(6-18-7-10)12-19(16,17)9-4-2-1-3-8(9)13(14)15/h1-4,12H,5-7,11H2. The maximum absolute atomic E-state index is 12.2. The van der Waals surface area contributed by atoms with Gasteiger partial charge >= 0.3 is 0 Å². The first-order valence-corrected chi connectivity index (χ1v) is 6.94. The molecule has 104 valence electrons. The molecule has 0 unspecified atom stereocenters. The highest BCUT2D eigenvalue weighted by molar-refractivity contribution is 7.89. The Balaban J connectivity index is 2.37. The Morgan fingerprint density at radius 2 is 2.05 bits per heavy atom. The molecule has 0 aliphatic carbocycles. The van der Waals surface area contributed by atoms with Gasteiger partial charge in [-0.25, -0.2) is 8.42 Å². The SMILES string of the molecule is NCC1(NS(=O)(=O)c2ccccc2[N+](=O)[O-])COC1. The van der Waals surface area contributed by atoms with Crippen LogP contribution in [0.25, 0.3) is 0 Å². The van der Waals surface area contributed by atoms with E-state index in [2.05, 4.69) is 4.72 Å². The zero-order valence-corrected chi connectivity index (χ0v) is 10.7. The Morgan fingerprint density at radius 3 is 2.53 bits per heavy atom. The molecule has 0 amide bonds. The van der Waals surface area contributed by atoms with E-state index in [0.717, 1.165) is 6.07 Å². The number of nitrogens with zero attached hydrogens (tertiary/aromatic N) is 1. The lowest BCUT2D eigenvalue weighted by atomic mass is 10.0. The van der Waals surface area contributed by atoms with Crippen molar-refractivity contribution in [2.45, 2.75) is 10.4 Å². The van der Waals surface area contributed by atoms with Crippen LogP contribution in [0.15, 0.2) is 29.2 Å². The van der Waals surface area contributed by atoms with Crippen LogP contribution in [0, 0.1) is 10.1 Å². The molecule has 1 aliphatic heterocycles. The normalized spacial score (nSPS) is 17.7. The molecule has 3 N–H and O–H groups in total. The predicted molar refractivity (Wildman–Crippen MR) is 66.0 cm³/mol. The van der Waals surface area contributed by atoms with Gasteiger partial charge in [-0.05, 0) is 6.07 Å². The Bertz CT molecular complexity index is 591. The second kappa shape index (κ2) is 4.85. The van der Waals surface area contributed by atoms with Crippen molar-refractivity contribution in [3.05, 3.63) is 34.4 Å². The summed E-state index contributed by atoms with van der Waals surface area (Å²) in [6.07, 6.45) is 0. The molecule has 1 aliphatic rings. The Morgan fingerprint density at radius 1 is 1.42 bits per heavy atom. The minimum Gasteiger partial charge on any atom is -0.377 e. The number of ether oxygens (including phenoxy) is 1. The summed E-state index contributed by atoms with van der Waals surface area (Å²) in [7, 11) is -4.02. The second-order valence-corrected chi connectivity index (χ2v) is 5.96. The van der Waals surface area contributed by atoms with Crippen LogP contribution >= 0.6 is 0 Å². The van der Waals surface area contributed by atoms with E-state index < -0.39 is 26.2 Å². The highest BCUT2D eigenvalue weighted by atomic mass is 32.2. The lowest BCUT2D eigenvalue weighted by Crippen LogP contribution is -2.66. The fourth-order valence-corrected chi connectivity index (χ4v) is 3.30. The van der Waals surface area contributed by atoms with Crippen molar-refractivity contribution in [1.82, 2.24) is 4.72 Å². The molecule has 8 nitrogen and oxygen atoms in total. The minimum atomic E-state index is -4.02. The molecule has 0 atom stereocenters. The van der Waals surface area contributed by atoms with Crippen LogP contribution in [-0.2, 0) is 14.8 Å². The quantitative estimate of drug-likeness (QED) is 0.561. The van der Waals surface area contributed by atoms with E-state index in [1.807, 2.05) is 0 Å². The molecule has 0 aromatic heterocycles. The number of nitro benzene ring substituents is 1. The average molecular weight is 287 g/mol. The number of nitrogens with one attached hydrogen (secondary N) is 1. The molecule has 0 radical (unpaired) electrons. The van der Waals surface area contributed by atoms with Gasteiger partial charge in [-0.15, -0.1) is 0 Å². The van der Waals surface area contributed by atoms with Crippen molar-refractivity contribution < 1.29 is 18.1 Å². The van der Waals surface area contributed by atoms with Crippen LogP contribution < -0.4 is 10.5 Å². The highest BCUT2D eigenvalue weighted by Crippen LogP contribution is 2.25. The Kier molecular flexibility index (Phi) is 3.54. The second-order valence-electron chi connectivity index (χ2n) is 4.31. The van der Waals surface area contributed by atoms with Crippen molar-refractivity contribution in [1.29, 1.82) is 0 Å². The Hall–Kier alpha value is -1.55. The van der Waals surface area contributed by atoms with Crippen LogP contribution in [0.4, 0.5) is 5.69 Å². The van der Waals surface area contributed by atoms with Gasteiger partial charge in [0.2, 0.25) is 10.0 Å². The van der Waals surface area contributed by atoms with Crippen molar-refractivity contribution >= 4 is 15.7 Å². The lowest BCUT2D eigenvalue weighted by molar-refractivity contribution is -0.387. The van der Waals surface area contributed by atoms with Crippen molar-refractivity contribution in [2.75, 3.05) is 19.8 Å². The van der Waals surface area contributed by atoms with Crippen LogP contribution in [0.5, 0.6) is 0 Å². The van der Waals surface area contributed by atoms with Crippen molar-refractivity contribution in [2.24, 2.45) is 5.73 Å². The molecular formula is C10H13N3O5S. The maximum Gasteiger partial charge on any atom is 0.289 e. The zero-order valence-electron chi connectivity index (χ0n) is 9.90. The first-order chi connectivity index (χ1) is 8.90. The van der Waals surface area contributed by atoms with Gasteiger partial charge in [0.15, 0.2) is 4.90 Å². The van der Waals surface area contributed by atoms with Crippen molar-refractivity contribution in [3.63, 3.8) is 0 Å². The molecular weight excluding hydrogens is 274 g/mol. The number of benzene rings is 1. The van der Waals surface area contributed by atoms with Crippen LogP contribution in [0.3, 0.4) is 0 Å². The number of hydrogen-bond acceptors (Lipinski definition) is 6.